The van der Waals surface area contributed by atoms with Crippen LogP contribution in [0.5, 0.6) is 0 Å². The number of hydrogen-bond donors (Lipinski definition) is 1. The molecule has 2 aromatic rings. The lowest BCUT2D eigenvalue weighted by molar-refractivity contribution is 0.0664. The van der Waals surface area contributed by atoms with E-state index >= 15 is 0 Å². The van der Waals surface area contributed by atoms with Crippen LogP contribution >= 0.6 is 0 Å². The summed E-state index contributed by atoms with van der Waals surface area (Å²) in [5, 5.41) is 2.79. The molecule has 2 amide bonds. The van der Waals surface area contributed by atoms with Crippen molar-refractivity contribution in [3.05, 3.63) is 59.5 Å². The molecule has 1 fully saturated rings. The Bertz CT molecular complexity index is 704. The number of amides is 2. The fourth-order valence-corrected chi connectivity index (χ4v) is 2.67. The third-order valence-electron chi connectivity index (χ3n) is 4.17. The Hall–Kier alpha value is -2.60. The van der Waals surface area contributed by atoms with Crippen LogP contribution in [0.2, 0.25) is 0 Å². The quantitative estimate of drug-likeness (QED) is 0.926. The van der Waals surface area contributed by atoms with Crippen LogP contribution in [0, 0.1) is 0 Å². The minimum atomic E-state index is -0.223. The van der Waals surface area contributed by atoms with Crippen LogP contribution in [0.25, 0.3) is 0 Å². The zero-order valence-corrected chi connectivity index (χ0v) is 13.7. The van der Waals surface area contributed by atoms with E-state index in [9.17, 15) is 9.59 Å². The van der Waals surface area contributed by atoms with Crippen molar-refractivity contribution < 1.29 is 14.0 Å². The third kappa shape index (κ3) is 3.83. The van der Waals surface area contributed by atoms with Gasteiger partial charge in [-0.3, -0.25) is 9.59 Å². The van der Waals surface area contributed by atoms with Gasteiger partial charge in [-0.05, 0) is 37.4 Å². The summed E-state index contributed by atoms with van der Waals surface area (Å²) in [6.45, 7) is 3.49. The Morgan fingerprint density at radius 2 is 1.83 bits per heavy atom. The highest BCUT2D eigenvalue weighted by molar-refractivity contribution is 5.99. The minimum absolute atomic E-state index is 0.0243. The molecule has 1 aromatic heterocycles. The molecule has 6 heteroatoms. The fourth-order valence-electron chi connectivity index (χ4n) is 2.67. The molecule has 126 valence electrons. The molecule has 0 unspecified atom stereocenters. The predicted molar refractivity (Wildman–Crippen MR) is 89.7 cm³/mol. The van der Waals surface area contributed by atoms with Gasteiger partial charge in [-0.25, -0.2) is 0 Å². The molecule has 1 saturated heterocycles. The highest BCUT2D eigenvalue weighted by Crippen LogP contribution is 2.11. The van der Waals surface area contributed by atoms with Crippen molar-refractivity contribution in [2.75, 3.05) is 33.2 Å². The van der Waals surface area contributed by atoms with Gasteiger partial charge in [0, 0.05) is 37.3 Å². The summed E-state index contributed by atoms with van der Waals surface area (Å²) in [6, 6.07) is 10.4. The monoisotopic (exact) mass is 327 g/mol. The van der Waals surface area contributed by atoms with Gasteiger partial charge < -0.3 is 19.5 Å². The molecule has 6 nitrogen and oxygen atoms in total. The summed E-state index contributed by atoms with van der Waals surface area (Å²) in [5.41, 5.74) is 1.02. The van der Waals surface area contributed by atoms with Crippen LogP contribution in [-0.2, 0) is 6.54 Å². The number of nitrogens with one attached hydrogen (secondary N) is 1. The number of benzene rings is 1. The van der Waals surface area contributed by atoms with E-state index in [0.717, 1.165) is 13.1 Å². The second-order valence-electron chi connectivity index (χ2n) is 5.94. The number of likely N-dealkylation sites (N-methyl/N-ethyl adjacent to an activating group) is 1. The van der Waals surface area contributed by atoms with Gasteiger partial charge in [0.1, 0.15) is 5.76 Å². The number of furan rings is 1. The average Bonchev–Trinajstić information content (AvgIpc) is 3.13. The average molecular weight is 327 g/mol. The molecule has 0 bridgehead atoms. The molecule has 2 heterocycles. The van der Waals surface area contributed by atoms with Gasteiger partial charge in [0.2, 0.25) is 0 Å². The van der Waals surface area contributed by atoms with Gasteiger partial charge in [0.25, 0.3) is 11.8 Å². The van der Waals surface area contributed by atoms with E-state index in [2.05, 4.69) is 10.2 Å². The molecular weight excluding hydrogens is 306 g/mol. The third-order valence-corrected chi connectivity index (χ3v) is 4.17. The lowest BCUT2D eigenvalue weighted by Gasteiger charge is -2.32. The van der Waals surface area contributed by atoms with Crippen molar-refractivity contribution in [1.29, 1.82) is 0 Å². The molecule has 1 aliphatic rings. The van der Waals surface area contributed by atoms with E-state index in [-0.39, 0.29) is 11.8 Å². The van der Waals surface area contributed by atoms with Gasteiger partial charge in [-0.2, -0.15) is 0 Å². The van der Waals surface area contributed by atoms with Gasteiger partial charge >= 0.3 is 0 Å². The molecule has 0 saturated carbocycles. The Morgan fingerprint density at radius 1 is 1.08 bits per heavy atom. The van der Waals surface area contributed by atoms with Crippen molar-refractivity contribution in [3.8, 4) is 0 Å². The SMILES string of the molecule is CN1CCN(C(=O)c2cccc(C(=O)NCc3ccco3)c2)CC1. The molecular formula is C18H21N3O3. The highest BCUT2D eigenvalue weighted by Gasteiger charge is 2.21. The molecule has 0 spiro atoms. The first-order valence-corrected chi connectivity index (χ1v) is 8.02. The van der Waals surface area contributed by atoms with Crippen LogP contribution in [-0.4, -0.2) is 54.8 Å². The summed E-state index contributed by atoms with van der Waals surface area (Å²) in [5.74, 6) is 0.441. The summed E-state index contributed by atoms with van der Waals surface area (Å²) >= 11 is 0. The molecule has 1 N–H and O–H groups in total. The zero-order chi connectivity index (χ0) is 16.9. The van der Waals surface area contributed by atoms with Crippen LogP contribution in [0.4, 0.5) is 0 Å². The van der Waals surface area contributed by atoms with E-state index in [4.69, 9.17) is 4.42 Å². The molecule has 1 aliphatic heterocycles. The number of piperazine rings is 1. The van der Waals surface area contributed by atoms with E-state index in [1.807, 2.05) is 11.9 Å². The Morgan fingerprint density at radius 3 is 2.54 bits per heavy atom. The van der Waals surface area contributed by atoms with Crippen molar-refractivity contribution in [2.45, 2.75) is 6.54 Å². The molecule has 0 atom stereocenters. The topological polar surface area (TPSA) is 65.8 Å². The summed E-state index contributed by atoms with van der Waals surface area (Å²) in [6.07, 6.45) is 1.57. The lowest BCUT2D eigenvalue weighted by Crippen LogP contribution is -2.47. The van der Waals surface area contributed by atoms with E-state index in [1.165, 1.54) is 0 Å². The first-order valence-electron chi connectivity index (χ1n) is 8.02. The number of nitrogens with zero attached hydrogens (tertiary/aromatic N) is 2. The van der Waals surface area contributed by atoms with Crippen molar-refractivity contribution >= 4 is 11.8 Å². The highest BCUT2D eigenvalue weighted by atomic mass is 16.3. The lowest BCUT2D eigenvalue weighted by atomic mass is 10.1. The Labute approximate surface area is 141 Å². The number of carbonyl (C=O) groups is 2. The van der Waals surface area contributed by atoms with Crippen LogP contribution in [0.3, 0.4) is 0 Å². The number of carbonyl (C=O) groups excluding carboxylic acids is 2. The first-order chi connectivity index (χ1) is 11.6. The second kappa shape index (κ2) is 7.31. The smallest absolute Gasteiger partial charge is 0.253 e. The van der Waals surface area contributed by atoms with Crippen molar-refractivity contribution in [3.63, 3.8) is 0 Å². The van der Waals surface area contributed by atoms with Crippen LogP contribution in [0.1, 0.15) is 26.5 Å². The maximum Gasteiger partial charge on any atom is 0.253 e. The number of rotatable bonds is 4. The maximum atomic E-state index is 12.6. The molecule has 3 rings (SSSR count). The van der Waals surface area contributed by atoms with Gasteiger partial charge in [0.05, 0.1) is 12.8 Å². The van der Waals surface area contributed by atoms with Gasteiger partial charge in [-0.1, -0.05) is 6.07 Å². The van der Waals surface area contributed by atoms with E-state index in [0.29, 0.717) is 36.5 Å². The minimum Gasteiger partial charge on any atom is -0.467 e. The van der Waals surface area contributed by atoms with Crippen LogP contribution < -0.4 is 5.32 Å². The summed E-state index contributed by atoms with van der Waals surface area (Å²) in [7, 11) is 2.05. The molecule has 0 aliphatic carbocycles. The molecule has 0 radical (unpaired) electrons. The van der Waals surface area contributed by atoms with Crippen molar-refractivity contribution in [2.24, 2.45) is 0 Å². The summed E-state index contributed by atoms with van der Waals surface area (Å²) < 4.78 is 5.19. The predicted octanol–water partition coefficient (Wildman–Crippen LogP) is 1.60. The standard InChI is InChI=1S/C18H21N3O3/c1-20-7-9-21(10-8-20)18(23)15-5-2-4-14(12-15)17(22)19-13-16-6-3-11-24-16/h2-6,11-12H,7-10,13H2,1H3,(H,19,22). The second-order valence-corrected chi connectivity index (χ2v) is 5.94. The first kappa shape index (κ1) is 16.3. The Kier molecular flexibility index (Phi) is 4.96. The van der Waals surface area contributed by atoms with Crippen molar-refractivity contribution in [1.82, 2.24) is 15.1 Å². The fraction of sp³-hybridized carbons (Fsp3) is 0.333. The zero-order valence-electron chi connectivity index (χ0n) is 13.7. The summed E-state index contributed by atoms with van der Waals surface area (Å²) in [4.78, 5) is 28.9. The molecule has 24 heavy (non-hydrogen) atoms. The Balaban J connectivity index is 1.64. The van der Waals surface area contributed by atoms with E-state index in [1.54, 1.807) is 42.7 Å². The normalized spacial score (nSPS) is 15.3. The maximum absolute atomic E-state index is 12.6. The molecule has 1 aromatic carbocycles. The van der Waals surface area contributed by atoms with Gasteiger partial charge in [-0.15, -0.1) is 0 Å². The number of hydrogen-bond acceptors (Lipinski definition) is 4. The van der Waals surface area contributed by atoms with Crippen LogP contribution in [0.15, 0.2) is 47.1 Å². The van der Waals surface area contributed by atoms with E-state index < -0.39 is 0 Å². The van der Waals surface area contributed by atoms with Gasteiger partial charge in [0.15, 0.2) is 0 Å². The largest absolute Gasteiger partial charge is 0.467 e.